The first-order chi connectivity index (χ1) is 7.20. The molecule has 0 unspecified atom stereocenters. The van der Waals surface area contributed by atoms with Gasteiger partial charge in [-0.1, -0.05) is 26.2 Å². The highest BCUT2D eigenvalue weighted by atomic mass is 16.5. The van der Waals surface area contributed by atoms with E-state index in [-0.39, 0.29) is 25.1 Å². The van der Waals surface area contributed by atoms with Crippen molar-refractivity contribution in [2.45, 2.75) is 38.7 Å². The van der Waals surface area contributed by atoms with E-state index in [0.717, 1.165) is 19.3 Å². The Hall–Kier alpha value is -0.610. The molecule has 0 aliphatic carbocycles. The summed E-state index contributed by atoms with van der Waals surface area (Å²) in [6.45, 7) is 2.23. The molecule has 1 saturated heterocycles. The molecule has 1 heterocycles. The second kappa shape index (κ2) is 6.08. The molecule has 4 nitrogen and oxygen atoms in total. The Labute approximate surface area is 90.2 Å². The average Bonchev–Trinajstić information content (AvgIpc) is 2.59. The van der Waals surface area contributed by atoms with Crippen LogP contribution < -0.4 is 0 Å². The molecule has 0 radical (unpaired) electrons. The summed E-state index contributed by atoms with van der Waals surface area (Å²) in [6, 6.07) is 0. The zero-order valence-electron chi connectivity index (χ0n) is 9.19. The second-order valence-corrected chi connectivity index (χ2v) is 4.16. The van der Waals surface area contributed by atoms with Gasteiger partial charge in [0.2, 0.25) is 0 Å². The van der Waals surface area contributed by atoms with Crippen molar-refractivity contribution in [3.63, 3.8) is 0 Å². The Morgan fingerprint density at radius 3 is 2.87 bits per heavy atom. The highest BCUT2D eigenvalue weighted by Gasteiger charge is 2.40. The van der Waals surface area contributed by atoms with Crippen LogP contribution in [0.2, 0.25) is 0 Å². The minimum absolute atomic E-state index is 0.0960. The predicted octanol–water partition coefficient (Wildman–Crippen LogP) is 0.709. The molecule has 0 bridgehead atoms. The first-order valence-corrected chi connectivity index (χ1v) is 5.66. The van der Waals surface area contributed by atoms with Gasteiger partial charge in [-0.05, 0) is 6.42 Å². The highest BCUT2D eigenvalue weighted by Crippen LogP contribution is 2.27. The zero-order valence-corrected chi connectivity index (χ0v) is 9.19. The van der Waals surface area contributed by atoms with Crippen LogP contribution in [0.4, 0.5) is 0 Å². The van der Waals surface area contributed by atoms with E-state index < -0.39 is 12.0 Å². The standard InChI is InChI=1S/C11H20O4/c1-2-3-4-5-9(13)10-8(6-12)7-15-11(10)14/h8-10,12-13H,2-7H2,1H3/t8-,9-,10+/m0/s1. The van der Waals surface area contributed by atoms with Crippen molar-refractivity contribution >= 4 is 5.97 Å². The number of hydrogen-bond donors (Lipinski definition) is 2. The Morgan fingerprint density at radius 2 is 2.27 bits per heavy atom. The molecular weight excluding hydrogens is 196 g/mol. The van der Waals surface area contributed by atoms with E-state index in [2.05, 4.69) is 6.92 Å². The van der Waals surface area contributed by atoms with Gasteiger partial charge in [0.1, 0.15) is 0 Å². The van der Waals surface area contributed by atoms with Crippen molar-refractivity contribution < 1.29 is 19.7 Å². The summed E-state index contributed by atoms with van der Waals surface area (Å²) in [6.07, 6.45) is 3.01. The van der Waals surface area contributed by atoms with Crippen LogP contribution in [0.3, 0.4) is 0 Å². The van der Waals surface area contributed by atoms with Gasteiger partial charge in [-0.25, -0.2) is 0 Å². The Balaban J connectivity index is 2.41. The van der Waals surface area contributed by atoms with Crippen LogP contribution in [0.15, 0.2) is 0 Å². The molecule has 88 valence electrons. The number of carbonyl (C=O) groups excluding carboxylic acids is 1. The molecule has 0 aromatic rings. The summed E-state index contributed by atoms with van der Waals surface area (Å²) in [5, 5.41) is 18.9. The van der Waals surface area contributed by atoms with E-state index >= 15 is 0 Å². The largest absolute Gasteiger partial charge is 0.465 e. The predicted molar refractivity (Wildman–Crippen MR) is 55.2 cm³/mol. The molecule has 1 aliphatic rings. The lowest BCUT2D eigenvalue weighted by atomic mass is 9.88. The molecule has 1 aliphatic heterocycles. The maximum atomic E-state index is 11.3. The number of aliphatic hydroxyl groups excluding tert-OH is 2. The third kappa shape index (κ3) is 3.18. The molecule has 1 rings (SSSR count). The van der Waals surface area contributed by atoms with E-state index in [1.165, 1.54) is 0 Å². The van der Waals surface area contributed by atoms with E-state index in [4.69, 9.17) is 9.84 Å². The minimum Gasteiger partial charge on any atom is -0.465 e. The normalized spacial score (nSPS) is 27.8. The quantitative estimate of drug-likeness (QED) is 0.507. The first kappa shape index (κ1) is 12.5. The fourth-order valence-electron chi connectivity index (χ4n) is 2.00. The van der Waals surface area contributed by atoms with Crippen molar-refractivity contribution in [3.8, 4) is 0 Å². The van der Waals surface area contributed by atoms with Gasteiger partial charge in [0, 0.05) is 5.92 Å². The van der Waals surface area contributed by atoms with Crippen LogP contribution in [0.25, 0.3) is 0 Å². The lowest BCUT2D eigenvalue weighted by Crippen LogP contribution is -2.31. The first-order valence-electron chi connectivity index (χ1n) is 5.66. The molecule has 0 amide bonds. The van der Waals surface area contributed by atoms with Crippen molar-refractivity contribution in [2.75, 3.05) is 13.2 Å². The van der Waals surface area contributed by atoms with Gasteiger partial charge in [0.05, 0.1) is 25.2 Å². The van der Waals surface area contributed by atoms with Crippen LogP contribution in [0, 0.1) is 11.8 Å². The molecule has 1 fully saturated rings. The zero-order chi connectivity index (χ0) is 11.3. The number of unbranched alkanes of at least 4 members (excludes halogenated alkanes) is 2. The van der Waals surface area contributed by atoms with E-state index in [9.17, 15) is 9.90 Å². The second-order valence-electron chi connectivity index (χ2n) is 4.16. The SMILES string of the molecule is CCCCC[C@H](O)[C@@H]1C(=O)OC[C@@H]1CO. The van der Waals surface area contributed by atoms with Crippen molar-refractivity contribution in [3.05, 3.63) is 0 Å². The topological polar surface area (TPSA) is 66.8 Å². The smallest absolute Gasteiger partial charge is 0.312 e. The lowest BCUT2D eigenvalue weighted by Gasteiger charge is -2.18. The summed E-state index contributed by atoms with van der Waals surface area (Å²) in [7, 11) is 0. The van der Waals surface area contributed by atoms with Gasteiger partial charge in [-0.3, -0.25) is 4.79 Å². The van der Waals surface area contributed by atoms with Crippen molar-refractivity contribution in [1.82, 2.24) is 0 Å². The fraction of sp³-hybridized carbons (Fsp3) is 0.909. The summed E-state index contributed by atoms with van der Waals surface area (Å²) >= 11 is 0. The molecule has 0 spiro atoms. The number of aliphatic hydroxyl groups is 2. The number of ether oxygens (including phenoxy) is 1. The Bertz CT molecular complexity index is 205. The highest BCUT2D eigenvalue weighted by molar-refractivity contribution is 5.75. The number of rotatable bonds is 6. The maximum Gasteiger partial charge on any atom is 0.312 e. The van der Waals surface area contributed by atoms with Gasteiger partial charge in [-0.15, -0.1) is 0 Å². The van der Waals surface area contributed by atoms with Crippen molar-refractivity contribution in [1.29, 1.82) is 0 Å². The minimum atomic E-state index is -0.663. The summed E-state index contributed by atoms with van der Waals surface area (Å²) in [4.78, 5) is 11.3. The number of cyclic esters (lactones) is 1. The molecule has 2 N–H and O–H groups in total. The van der Waals surface area contributed by atoms with Gasteiger partial charge in [0.25, 0.3) is 0 Å². The third-order valence-electron chi connectivity index (χ3n) is 2.97. The molecule has 4 heteroatoms. The third-order valence-corrected chi connectivity index (χ3v) is 2.97. The van der Waals surface area contributed by atoms with E-state index in [0.29, 0.717) is 6.42 Å². The summed E-state index contributed by atoms with van der Waals surface area (Å²) < 4.78 is 4.84. The Morgan fingerprint density at radius 1 is 1.53 bits per heavy atom. The van der Waals surface area contributed by atoms with Gasteiger partial charge in [0.15, 0.2) is 0 Å². The van der Waals surface area contributed by atoms with Gasteiger partial charge in [-0.2, -0.15) is 0 Å². The van der Waals surface area contributed by atoms with Crippen LogP contribution in [0.1, 0.15) is 32.6 Å². The van der Waals surface area contributed by atoms with Crippen molar-refractivity contribution in [2.24, 2.45) is 11.8 Å². The van der Waals surface area contributed by atoms with Crippen LogP contribution in [-0.2, 0) is 9.53 Å². The summed E-state index contributed by atoms with van der Waals surface area (Å²) in [5.74, 6) is -1.11. The molecule has 0 aromatic heterocycles. The van der Waals surface area contributed by atoms with Crippen LogP contribution in [-0.4, -0.2) is 35.5 Å². The molecule has 3 atom stereocenters. The van der Waals surface area contributed by atoms with Crippen LogP contribution in [0.5, 0.6) is 0 Å². The fourth-order valence-corrected chi connectivity index (χ4v) is 2.00. The van der Waals surface area contributed by atoms with E-state index in [1.807, 2.05) is 0 Å². The molecule has 15 heavy (non-hydrogen) atoms. The summed E-state index contributed by atoms with van der Waals surface area (Å²) in [5.41, 5.74) is 0. The molecule has 0 aromatic carbocycles. The Kier molecular flexibility index (Phi) is 5.05. The van der Waals surface area contributed by atoms with Crippen LogP contribution >= 0.6 is 0 Å². The maximum absolute atomic E-state index is 11.3. The molecular formula is C11H20O4. The van der Waals surface area contributed by atoms with E-state index in [1.54, 1.807) is 0 Å². The number of carbonyl (C=O) groups is 1. The number of hydrogen-bond acceptors (Lipinski definition) is 4. The number of esters is 1. The lowest BCUT2D eigenvalue weighted by molar-refractivity contribution is -0.144. The van der Waals surface area contributed by atoms with Gasteiger partial charge >= 0.3 is 5.97 Å². The van der Waals surface area contributed by atoms with Gasteiger partial charge < -0.3 is 14.9 Å². The average molecular weight is 216 g/mol. The monoisotopic (exact) mass is 216 g/mol. The molecule has 0 saturated carbocycles.